The van der Waals surface area contributed by atoms with Crippen molar-refractivity contribution in [3.63, 3.8) is 0 Å². The van der Waals surface area contributed by atoms with Crippen LogP contribution < -0.4 is 0 Å². The summed E-state index contributed by atoms with van der Waals surface area (Å²) in [6.45, 7) is 0. The fourth-order valence-corrected chi connectivity index (χ4v) is 1.84. The van der Waals surface area contributed by atoms with Crippen LogP contribution in [0.3, 0.4) is 0 Å². The fourth-order valence-electron chi connectivity index (χ4n) is 1.84. The first-order valence-electron chi connectivity index (χ1n) is 4.34. The highest BCUT2D eigenvalue weighted by Crippen LogP contribution is 2.34. The summed E-state index contributed by atoms with van der Waals surface area (Å²) < 4.78 is 0. The molecule has 1 rings (SSSR count). The molecule has 0 aromatic carbocycles. The molecular weight excluding hydrogens is 168 g/mol. The minimum absolute atomic E-state index is 0.0713. The SMILES string of the molecule is N#CC(O)C1CCC(C(O)C#N)C1. The summed E-state index contributed by atoms with van der Waals surface area (Å²) in [4.78, 5) is 0. The second-order valence-corrected chi connectivity index (χ2v) is 3.48. The molecule has 2 N–H and O–H groups in total. The molecule has 0 saturated heterocycles. The van der Waals surface area contributed by atoms with E-state index in [9.17, 15) is 10.2 Å². The zero-order valence-electron chi connectivity index (χ0n) is 7.22. The van der Waals surface area contributed by atoms with E-state index in [1.165, 1.54) is 0 Å². The Hall–Kier alpha value is -1.10. The van der Waals surface area contributed by atoms with Crippen LogP contribution in [-0.2, 0) is 0 Å². The highest BCUT2D eigenvalue weighted by atomic mass is 16.3. The first kappa shape index (κ1) is 9.98. The largest absolute Gasteiger partial charge is 0.378 e. The third kappa shape index (κ3) is 2.18. The molecule has 1 saturated carbocycles. The number of aliphatic hydroxyl groups excluding tert-OH is 2. The van der Waals surface area contributed by atoms with E-state index in [2.05, 4.69) is 0 Å². The molecule has 4 heteroatoms. The Morgan fingerprint density at radius 2 is 1.38 bits per heavy atom. The number of rotatable bonds is 2. The molecule has 0 bridgehead atoms. The van der Waals surface area contributed by atoms with Gasteiger partial charge in [0.15, 0.2) is 0 Å². The molecular formula is C9H12N2O2. The summed E-state index contributed by atoms with van der Waals surface area (Å²) in [6.07, 6.45) is 0.117. The number of hydrogen-bond donors (Lipinski definition) is 2. The monoisotopic (exact) mass is 180 g/mol. The van der Waals surface area contributed by atoms with Gasteiger partial charge in [0.1, 0.15) is 12.2 Å². The molecule has 4 nitrogen and oxygen atoms in total. The number of hydrogen-bond acceptors (Lipinski definition) is 4. The lowest BCUT2D eigenvalue weighted by Gasteiger charge is -2.12. The minimum Gasteiger partial charge on any atom is -0.378 e. The lowest BCUT2D eigenvalue weighted by Crippen LogP contribution is -2.19. The zero-order chi connectivity index (χ0) is 9.84. The Bertz CT molecular complexity index is 227. The van der Waals surface area contributed by atoms with E-state index in [-0.39, 0.29) is 11.8 Å². The van der Waals surface area contributed by atoms with Crippen molar-refractivity contribution >= 4 is 0 Å². The Morgan fingerprint density at radius 3 is 1.69 bits per heavy atom. The highest BCUT2D eigenvalue weighted by Gasteiger charge is 2.33. The summed E-state index contributed by atoms with van der Waals surface area (Å²) in [7, 11) is 0. The molecule has 0 amide bonds. The molecule has 1 aliphatic rings. The highest BCUT2D eigenvalue weighted by molar-refractivity contribution is 4.97. The van der Waals surface area contributed by atoms with Gasteiger partial charge in [-0.1, -0.05) is 0 Å². The Morgan fingerprint density at radius 1 is 1.00 bits per heavy atom. The Labute approximate surface area is 77.0 Å². The predicted molar refractivity (Wildman–Crippen MR) is 44.1 cm³/mol. The van der Waals surface area contributed by atoms with Crippen LogP contribution in [0.2, 0.25) is 0 Å². The van der Waals surface area contributed by atoms with Gasteiger partial charge in [-0.3, -0.25) is 0 Å². The van der Waals surface area contributed by atoms with E-state index in [1.54, 1.807) is 12.1 Å². The Kier molecular flexibility index (Phi) is 3.25. The van der Waals surface area contributed by atoms with Crippen LogP contribution in [0.1, 0.15) is 19.3 Å². The van der Waals surface area contributed by atoms with Crippen molar-refractivity contribution in [1.82, 2.24) is 0 Å². The van der Waals surface area contributed by atoms with Gasteiger partial charge in [-0.2, -0.15) is 10.5 Å². The van der Waals surface area contributed by atoms with E-state index >= 15 is 0 Å². The van der Waals surface area contributed by atoms with Crippen LogP contribution in [0, 0.1) is 34.5 Å². The normalized spacial score (nSPS) is 31.7. The van der Waals surface area contributed by atoms with Crippen LogP contribution in [0.25, 0.3) is 0 Å². The first-order chi connectivity index (χ1) is 6.19. The molecule has 70 valence electrons. The molecule has 4 unspecified atom stereocenters. The van der Waals surface area contributed by atoms with Crippen molar-refractivity contribution in [2.24, 2.45) is 11.8 Å². The van der Waals surface area contributed by atoms with Gasteiger partial charge < -0.3 is 10.2 Å². The van der Waals surface area contributed by atoms with Crippen molar-refractivity contribution < 1.29 is 10.2 Å². The summed E-state index contributed by atoms with van der Waals surface area (Å²) >= 11 is 0. The van der Waals surface area contributed by atoms with Gasteiger partial charge in [-0.25, -0.2) is 0 Å². The molecule has 0 heterocycles. The second kappa shape index (κ2) is 4.23. The number of nitriles is 2. The average molecular weight is 180 g/mol. The summed E-state index contributed by atoms with van der Waals surface area (Å²) in [5, 5.41) is 35.3. The van der Waals surface area contributed by atoms with Gasteiger partial charge in [0.2, 0.25) is 0 Å². The van der Waals surface area contributed by atoms with E-state index in [0.717, 1.165) is 12.8 Å². The zero-order valence-corrected chi connectivity index (χ0v) is 7.22. The molecule has 0 spiro atoms. The van der Waals surface area contributed by atoms with Crippen LogP contribution >= 0.6 is 0 Å². The van der Waals surface area contributed by atoms with Crippen molar-refractivity contribution in [3.05, 3.63) is 0 Å². The van der Waals surface area contributed by atoms with Crippen molar-refractivity contribution in [3.8, 4) is 12.1 Å². The first-order valence-corrected chi connectivity index (χ1v) is 4.34. The molecule has 0 radical (unpaired) electrons. The summed E-state index contributed by atoms with van der Waals surface area (Å²) in [5.74, 6) is -0.143. The van der Waals surface area contributed by atoms with Gasteiger partial charge >= 0.3 is 0 Å². The third-order valence-corrected chi connectivity index (χ3v) is 2.67. The lowest BCUT2D eigenvalue weighted by atomic mass is 9.97. The molecule has 1 aliphatic carbocycles. The topological polar surface area (TPSA) is 88.0 Å². The van der Waals surface area contributed by atoms with Crippen molar-refractivity contribution in [2.45, 2.75) is 31.5 Å². The fraction of sp³-hybridized carbons (Fsp3) is 0.778. The number of nitrogens with zero attached hydrogens (tertiary/aromatic N) is 2. The van der Waals surface area contributed by atoms with Gasteiger partial charge in [0, 0.05) is 0 Å². The molecule has 4 atom stereocenters. The predicted octanol–water partition coefficient (Wildman–Crippen LogP) is 0.172. The molecule has 1 fully saturated rings. The maximum absolute atomic E-state index is 9.20. The lowest BCUT2D eigenvalue weighted by molar-refractivity contribution is 0.135. The van der Waals surface area contributed by atoms with Gasteiger partial charge in [-0.15, -0.1) is 0 Å². The van der Waals surface area contributed by atoms with E-state index in [0.29, 0.717) is 6.42 Å². The van der Waals surface area contributed by atoms with Crippen LogP contribution in [0.4, 0.5) is 0 Å². The summed E-state index contributed by atoms with van der Waals surface area (Å²) in [6, 6.07) is 3.55. The maximum atomic E-state index is 9.20. The third-order valence-electron chi connectivity index (χ3n) is 2.67. The van der Waals surface area contributed by atoms with Gasteiger partial charge in [-0.05, 0) is 31.1 Å². The van der Waals surface area contributed by atoms with Crippen molar-refractivity contribution in [1.29, 1.82) is 10.5 Å². The standard InChI is InChI=1S/C9H12N2O2/c10-4-8(12)6-1-2-7(3-6)9(13)5-11/h6-9,12-13H,1-3H2. The van der Waals surface area contributed by atoms with E-state index in [1.807, 2.05) is 0 Å². The van der Waals surface area contributed by atoms with Crippen LogP contribution in [0.15, 0.2) is 0 Å². The number of aliphatic hydroxyl groups is 2. The van der Waals surface area contributed by atoms with E-state index in [4.69, 9.17) is 10.5 Å². The van der Waals surface area contributed by atoms with Crippen molar-refractivity contribution in [2.75, 3.05) is 0 Å². The summed E-state index contributed by atoms with van der Waals surface area (Å²) in [5.41, 5.74) is 0. The average Bonchev–Trinajstić information content (AvgIpc) is 2.64. The minimum atomic E-state index is -0.948. The molecule has 0 aromatic rings. The van der Waals surface area contributed by atoms with Crippen LogP contribution in [-0.4, -0.2) is 22.4 Å². The van der Waals surface area contributed by atoms with Gasteiger partial charge in [0.05, 0.1) is 12.1 Å². The molecule has 0 aromatic heterocycles. The molecule has 13 heavy (non-hydrogen) atoms. The second-order valence-electron chi connectivity index (χ2n) is 3.48. The Balaban J connectivity index is 2.47. The quantitative estimate of drug-likeness (QED) is 0.593. The van der Waals surface area contributed by atoms with Crippen LogP contribution in [0.5, 0.6) is 0 Å². The maximum Gasteiger partial charge on any atom is 0.143 e. The van der Waals surface area contributed by atoms with Gasteiger partial charge in [0.25, 0.3) is 0 Å². The smallest absolute Gasteiger partial charge is 0.143 e. The molecule has 0 aliphatic heterocycles. The van der Waals surface area contributed by atoms with E-state index < -0.39 is 12.2 Å².